The summed E-state index contributed by atoms with van der Waals surface area (Å²) in [7, 11) is 0. The van der Waals surface area contributed by atoms with Gasteiger partial charge in [0.15, 0.2) is 11.0 Å². The number of aromatic nitrogens is 3. The predicted molar refractivity (Wildman–Crippen MR) is 168 cm³/mol. The number of nitrogens with one attached hydrogen (secondary N) is 1. The highest BCUT2D eigenvalue weighted by molar-refractivity contribution is 7.99. The number of benzene rings is 3. The van der Waals surface area contributed by atoms with Crippen LogP contribution in [0.3, 0.4) is 0 Å². The first-order valence-corrected chi connectivity index (χ1v) is 15.6. The van der Waals surface area contributed by atoms with Crippen LogP contribution in [0.4, 0.5) is 10.1 Å². The molecule has 0 aliphatic carbocycles. The van der Waals surface area contributed by atoms with Gasteiger partial charge in [0, 0.05) is 29.8 Å². The van der Waals surface area contributed by atoms with Gasteiger partial charge in [-0.15, -0.1) is 21.5 Å². The maximum atomic E-state index is 13.7. The first-order chi connectivity index (χ1) is 21.9. The fourth-order valence-corrected chi connectivity index (χ4v) is 6.36. The fraction of sp³-hybridized carbons (Fsp3) is 0.129. The molecule has 6 rings (SSSR count). The molecule has 2 aromatic heterocycles. The normalized spacial score (nSPS) is 14.3. The third kappa shape index (κ3) is 6.66. The minimum atomic E-state index is -0.496. The van der Waals surface area contributed by atoms with Gasteiger partial charge >= 0.3 is 0 Å². The van der Waals surface area contributed by atoms with Crippen LogP contribution in [0.2, 0.25) is 0 Å². The van der Waals surface area contributed by atoms with E-state index in [2.05, 4.69) is 20.6 Å². The number of nitro benzene ring substituents is 1. The fourth-order valence-electron chi connectivity index (χ4n) is 4.81. The van der Waals surface area contributed by atoms with Gasteiger partial charge in [0.1, 0.15) is 5.82 Å². The summed E-state index contributed by atoms with van der Waals surface area (Å²) < 4.78 is 15.3. The van der Waals surface area contributed by atoms with E-state index in [1.165, 1.54) is 40.6 Å². The van der Waals surface area contributed by atoms with Crippen LogP contribution in [0, 0.1) is 15.9 Å². The van der Waals surface area contributed by atoms with Crippen molar-refractivity contribution in [3.05, 3.63) is 134 Å². The van der Waals surface area contributed by atoms with Gasteiger partial charge in [0.05, 0.1) is 33.9 Å². The Morgan fingerprint density at radius 2 is 1.76 bits per heavy atom. The highest BCUT2D eigenvalue weighted by Crippen LogP contribution is 2.35. The minimum Gasteiger partial charge on any atom is -0.345 e. The lowest BCUT2D eigenvalue weighted by Gasteiger charge is -2.22. The molecule has 0 bridgehead atoms. The molecule has 0 spiro atoms. The van der Waals surface area contributed by atoms with Crippen molar-refractivity contribution >= 4 is 46.3 Å². The Kier molecular flexibility index (Phi) is 8.75. The molecule has 3 aromatic carbocycles. The molecule has 1 unspecified atom stereocenters. The highest BCUT2D eigenvalue weighted by Gasteiger charge is 2.33. The molecule has 1 aliphatic rings. The Morgan fingerprint density at radius 1 is 1.00 bits per heavy atom. The summed E-state index contributed by atoms with van der Waals surface area (Å²) in [4.78, 5) is 38.1. The third-order valence-corrected chi connectivity index (χ3v) is 8.85. The largest absolute Gasteiger partial charge is 0.345 e. The van der Waals surface area contributed by atoms with E-state index in [1.54, 1.807) is 53.1 Å². The molecule has 5 aromatic rings. The van der Waals surface area contributed by atoms with Gasteiger partial charge in [-0.2, -0.15) is 5.10 Å². The van der Waals surface area contributed by atoms with Crippen LogP contribution in [0.15, 0.2) is 107 Å². The molecule has 1 N–H and O–H groups in total. The summed E-state index contributed by atoms with van der Waals surface area (Å²) in [5.74, 6) is -0.658. The zero-order valence-corrected chi connectivity index (χ0v) is 25.1. The van der Waals surface area contributed by atoms with E-state index in [0.717, 1.165) is 27.9 Å². The lowest BCUT2D eigenvalue weighted by molar-refractivity contribution is -0.384. The Labute approximate surface area is 264 Å². The minimum absolute atomic E-state index is 0.0133. The van der Waals surface area contributed by atoms with Crippen molar-refractivity contribution in [3.8, 4) is 5.69 Å². The summed E-state index contributed by atoms with van der Waals surface area (Å²) in [6.45, 7) is 0.0133. The van der Waals surface area contributed by atoms with Crippen molar-refractivity contribution in [2.24, 2.45) is 5.10 Å². The van der Waals surface area contributed by atoms with E-state index in [1.807, 2.05) is 23.6 Å². The predicted octanol–water partition coefficient (Wildman–Crippen LogP) is 5.78. The lowest BCUT2D eigenvalue weighted by atomic mass is 10.0. The number of nitrogens with zero attached hydrogens (tertiary/aromatic N) is 6. The summed E-state index contributed by atoms with van der Waals surface area (Å²) in [6, 6.07) is 24.0. The van der Waals surface area contributed by atoms with Crippen LogP contribution in [0.5, 0.6) is 0 Å². The Bertz CT molecular complexity index is 1860. The van der Waals surface area contributed by atoms with Crippen LogP contribution in [0.25, 0.3) is 5.69 Å². The number of rotatable bonds is 10. The Balaban J connectivity index is 1.25. The number of carbonyl (C=O) groups excluding carboxylic acids is 2. The van der Waals surface area contributed by atoms with Crippen LogP contribution >= 0.6 is 23.1 Å². The second kappa shape index (κ2) is 13.2. The first kappa shape index (κ1) is 29.8. The first-order valence-electron chi connectivity index (χ1n) is 13.7. The molecule has 0 radical (unpaired) electrons. The second-order valence-electron chi connectivity index (χ2n) is 9.88. The number of halogens is 1. The van der Waals surface area contributed by atoms with Crippen LogP contribution < -0.4 is 5.32 Å². The van der Waals surface area contributed by atoms with E-state index >= 15 is 0 Å². The van der Waals surface area contributed by atoms with E-state index in [0.29, 0.717) is 28.7 Å². The molecule has 2 amide bonds. The number of carbonyl (C=O) groups is 2. The molecule has 14 heteroatoms. The van der Waals surface area contributed by atoms with Crippen molar-refractivity contribution in [2.75, 3.05) is 5.75 Å². The average Bonchev–Trinajstić information content (AvgIpc) is 3.84. The number of hydrogen-bond acceptors (Lipinski definition) is 9. The second-order valence-corrected chi connectivity index (χ2v) is 11.8. The molecule has 0 saturated heterocycles. The van der Waals surface area contributed by atoms with Crippen molar-refractivity contribution in [2.45, 2.75) is 24.2 Å². The topological polar surface area (TPSA) is 136 Å². The number of non-ortho nitro benzene ring substituents is 1. The van der Waals surface area contributed by atoms with Gasteiger partial charge in [0.2, 0.25) is 0 Å². The number of hydrazone groups is 1. The number of amides is 2. The molecular formula is C31H24FN7O4S2. The van der Waals surface area contributed by atoms with Gasteiger partial charge in [0.25, 0.3) is 17.5 Å². The zero-order valence-electron chi connectivity index (χ0n) is 23.4. The van der Waals surface area contributed by atoms with E-state index in [4.69, 9.17) is 0 Å². The van der Waals surface area contributed by atoms with Gasteiger partial charge in [-0.05, 0) is 53.4 Å². The standard InChI is InChI=1S/C31H24FN7O4S2/c32-22-10-8-20(9-11-22)26-17-25(27-7-4-16-44-27)36-38(26)29(40)19-45-31-35-34-28(18-33-30(41)21-5-2-1-3-6-21)37(31)23-12-14-24(15-13-23)39(42)43/h1-16,26H,17-19H2,(H,33,41). The average molecular weight is 642 g/mol. The molecule has 0 saturated carbocycles. The molecule has 1 aliphatic heterocycles. The Hall–Kier alpha value is -5.21. The number of nitro groups is 1. The van der Waals surface area contributed by atoms with Gasteiger partial charge in [-0.3, -0.25) is 24.3 Å². The number of thioether (sulfide) groups is 1. The Morgan fingerprint density at radius 3 is 2.44 bits per heavy atom. The smallest absolute Gasteiger partial charge is 0.269 e. The third-order valence-electron chi connectivity index (χ3n) is 7.01. The van der Waals surface area contributed by atoms with Crippen molar-refractivity contribution in [3.63, 3.8) is 0 Å². The SMILES string of the molecule is O=C(NCc1nnc(SCC(=O)N2N=C(c3cccs3)CC2c2ccc(F)cc2)n1-c1ccc([N+](=O)[O-])cc1)c1ccccc1. The summed E-state index contributed by atoms with van der Waals surface area (Å²) in [6.07, 6.45) is 0.479. The number of thiophene rings is 1. The van der Waals surface area contributed by atoms with Crippen molar-refractivity contribution in [1.82, 2.24) is 25.1 Å². The monoisotopic (exact) mass is 641 g/mol. The summed E-state index contributed by atoms with van der Waals surface area (Å²) >= 11 is 2.65. The quantitative estimate of drug-likeness (QED) is 0.116. The van der Waals surface area contributed by atoms with Crippen LogP contribution in [-0.4, -0.2) is 48.0 Å². The van der Waals surface area contributed by atoms with Gasteiger partial charge in [-0.1, -0.05) is 48.2 Å². The number of hydrogen-bond donors (Lipinski definition) is 1. The summed E-state index contributed by atoms with van der Waals surface area (Å²) in [5.41, 5.74) is 2.44. The molecule has 0 fully saturated rings. The maximum Gasteiger partial charge on any atom is 0.269 e. The lowest BCUT2D eigenvalue weighted by Crippen LogP contribution is -2.28. The van der Waals surface area contributed by atoms with Crippen molar-refractivity contribution in [1.29, 1.82) is 0 Å². The zero-order chi connectivity index (χ0) is 31.3. The molecule has 11 nitrogen and oxygen atoms in total. The van der Waals surface area contributed by atoms with Gasteiger partial charge < -0.3 is 5.32 Å². The summed E-state index contributed by atoms with van der Waals surface area (Å²) in [5, 5.41) is 31.0. The molecule has 226 valence electrons. The van der Waals surface area contributed by atoms with Crippen molar-refractivity contribution < 1.29 is 18.9 Å². The molecular weight excluding hydrogens is 618 g/mol. The van der Waals surface area contributed by atoms with Gasteiger partial charge in [-0.25, -0.2) is 9.40 Å². The molecule has 1 atom stereocenters. The molecule has 45 heavy (non-hydrogen) atoms. The van der Waals surface area contributed by atoms with E-state index in [-0.39, 0.29) is 35.6 Å². The maximum absolute atomic E-state index is 13.7. The molecule has 3 heterocycles. The van der Waals surface area contributed by atoms with Crippen LogP contribution in [-0.2, 0) is 11.3 Å². The van der Waals surface area contributed by atoms with E-state index in [9.17, 15) is 24.1 Å². The van der Waals surface area contributed by atoms with Crippen LogP contribution in [0.1, 0.15) is 39.1 Å². The highest BCUT2D eigenvalue weighted by atomic mass is 32.2. The van der Waals surface area contributed by atoms with E-state index < -0.39 is 11.0 Å².